The zero-order valence-corrected chi connectivity index (χ0v) is 37.4. The molecule has 1 aliphatic heterocycles. The Hall–Kier alpha value is -5.04. The highest BCUT2D eigenvalue weighted by Crippen LogP contribution is 2.62. The quantitative estimate of drug-likeness (QED) is 0.0413. The maximum atomic E-state index is 15.1. The zero-order valence-electron chi connectivity index (χ0n) is 37.4. The van der Waals surface area contributed by atoms with E-state index in [0.29, 0.717) is 66.1 Å². The molecular formula is C52H65FN2O9. The Kier molecular flexibility index (Phi) is 16.3. The van der Waals surface area contributed by atoms with Gasteiger partial charge < -0.3 is 38.9 Å². The lowest BCUT2D eigenvalue weighted by Crippen LogP contribution is -2.70. The van der Waals surface area contributed by atoms with Crippen LogP contribution in [0.2, 0.25) is 0 Å². The Bertz CT molecular complexity index is 2120. The van der Waals surface area contributed by atoms with E-state index in [4.69, 9.17) is 28.9 Å². The Balaban J connectivity index is 1.43. The SMILES string of the molecule is C=CCOC12Oc3ccc(Oc4ccc(OC)c(C=O)c4)cc3C3C(CCCCO)C(CCCCO)C=C(C(=NOCC)CC1N(Cc1ccc(F)cc1)C(=O)CCC1CCCC1)C32. The molecule has 0 radical (unpaired) electrons. The van der Waals surface area contributed by atoms with Crippen molar-refractivity contribution in [2.75, 3.05) is 33.5 Å². The van der Waals surface area contributed by atoms with Gasteiger partial charge in [0.2, 0.25) is 11.7 Å². The summed E-state index contributed by atoms with van der Waals surface area (Å²) < 4.78 is 40.8. The molecule has 2 saturated carbocycles. The number of carbonyl (C=O) groups excluding carboxylic acids is 2. The van der Waals surface area contributed by atoms with Gasteiger partial charge in [0.15, 0.2) is 6.29 Å². The molecule has 1 heterocycles. The van der Waals surface area contributed by atoms with Gasteiger partial charge in [-0.15, -0.1) is 6.58 Å². The third-order valence-electron chi connectivity index (χ3n) is 13.7. The normalized spacial score (nSPS) is 24.2. The Morgan fingerprint density at radius 1 is 0.984 bits per heavy atom. The van der Waals surface area contributed by atoms with Crippen molar-refractivity contribution in [1.82, 2.24) is 4.90 Å². The van der Waals surface area contributed by atoms with Crippen molar-refractivity contribution in [1.29, 1.82) is 0 Å². The fourth-order valence-electron chi connectivity index (χ4n) is 10.8. The van der Waals surface area contributed by atoms with Crippen LogP contribution in [-0.4, -0.2) is 78.4 Å². The average molecular weight is 881 g/mol. The molecule has 3 aliphatic carbocycles. The third-order valence-corrected chi connectivity index (χ3v) is 13.7. The van der Waals surface area contributed by atoms with Crippen molar-refractivity contribution in [3.8, 4) is 23.0 Å². The van der Waals surface area contributed by atoms with Gasteiger partial charge in [0.1, 0.15) is 41.5 Å². The van der Waals surface area contributed by atoms with Crippen LogP contribution in [0.4, 0.5) is 4.39 Å². The van der Waals surface area contributed by atoms with Crippen LogP contribution in [0.15, 0.2) is 90.1 Å². The van der Waals surface area contributed by atoms with E-state index in [1.165, 1.54) is 32.1 Å². The molecule has 12 heteroatoms. The van der Waals surface area contributed by atoms with E-state index >= 15 is 4.79 Å². The smallest absolute Gasteiger partial charge is 0.239 e. The molecule has 6 atom stereocenters. The summed E-state index contributed by atoms with van der Waals surface area (Å²) in [6.45, 7) is 6.78. The van der Waals surface area contributed by atoms with Crippen molar-refractivity contribution in [3.63, 3.8) is 0 Å². The number of rotatable bonds is 23. The van der Waals surface area contributed by atoms with Gasteiger partial charge in [0.05, 0.1) is 30.9 Å². The Labute approximate surface area is 377 Å². The van der Waals surface area contributed by atoms with Crippen molar-refractivity contribution in [2.45, 2.75) is 115 Å². The van der Waals surface area contributed by atoms with Gasteiger partial charge in [0, 0.05) is 44.1 Å². The summed E-state index contributed by atoms with van der Waals surface area (Å²) >= 11 is 0. The maximum Gasteiger partial charge on any atom is 0.239 e. The summed E-state index contributed by atoms with van der Waals surface area (Å²) in [7, 11) is 1.51. The van der Waals surface area contributed by atoms with E-state index < -0.39 is 17.7 Å². The number of aliphatic hydroxyl groups excluding tert-OH is 2. The summed E-state index contributed by atoms with van der Waals surface area (Å²) in [6.07, 6.45) is 15.2. The molecule has 344 valence electrons. The fourth-order valence-corrected chi connectivity index (χ4v) is 10.8. The topological polar surface area (TPSA) is 136 Å². The third kappa shape index (κ3) is 10.4. The van der Waals surface area contributed by atoms with Crippen LogP contribution in [0.5, 0.6) is 23.0 Å². The molecule has 4 aliphatic rings. The first-order valence-electron chi connectivity index (χ1n) is 23.3. The summed E-state index contributed by atoms with van der Waals surface area (Å²) in [5.41, 5.74) is 3.70. The van der Waals surface area contributed by atoms with Crippen LogP contribution in [-0.2, 0) is 20.9 Å². The number of amides is 1. The second kappa shape index (κ2) is 22.2. The number of ether oxygens (including phenoxy) is 4. The second-order valence-corrected chi connectivity index (χ2v) is 17.7. The monoisotopic (exact) mass is 880 g/mol. The highest BCUT2D eigenvalue weighted by Gasteiger charge is 2.65. The number of nitrogens with zero attached hydrogens (tertiary/aromatic N) is 2. The van der Waals surface area contributed by atoms with Crippen LogP contribution in [0.25, 0.3) is 0 Å². The minimum atomic E-state index is -1.44. The van der Waals surface area contributed by atoms with Crippen LogP contribution >= 0.6 is 0 Å². The van der Waals surface area contributed by atoms with Gasteiger partial charge in [0.25, 0.3) is 0 Å². The lowest BCUT2D eigenvalue weighted by Gasteiger charge is -2.60. The van der Waals surface area contributed by atoms with Crippen molar-refractivity contribution in [2.24, 2.45) is 28.8 Å². The largest absolute Gasteiger partial charge is 0.496 e. The van der Waals surface area contributed by atoms with Crippen LogP contribution in [0.1, 0.15) is 118 Å². The highest BCUT2D eigenvalue weighted by atomic mass is 19.1. The molecule has 3 aromatic rings. The number of fused-ring (bicyclic) bond motifs is 2. The number of hydrogen-bond donors (Lipinski definition) is 2. The molecule has 7 rings (SSSR count). The van der Waals surface area contributed by atoms with Gasteiger partial charge in [-0.3, -0.25) is 9.59 Å². The van der Waals surface area contributed by atoms with Crippen molar-refractivity contribution in [3.05, 3.63) is 107 Å². The number of unbranched alkanes of at least 4 members (excludes halogenated alkanes) is 2. The molecule has 3 aromatic carbocycles. The number of allylic oxidation sites excluding steroid dienone is 1. The molecule has 11 nitrogen and oxygen atoms in total. The molecule has 1 amide bonds. The summed E-state index contributed by atoms with van der Waals surface area (Å²) in [6, 6.07) is 16.5. The standard InChI is InChI=1S/C52H65FN2O9/c1-4-28-61-52-48(55(33-36-16-19-39(53)20-17-36)49(59)25-18-35-12-6-7-13-35)32-45(54-62-5-2)43-30-37(14-8-10-26-56)42(15-9-11-27-57)50(51(43)52)44-31-41(22-24-47(44)64-52)63-40-21-23-46(60-3)38(29-40)34-58/h4,16-17,19-24,29-31,34-35,37,42,48,50-51,56-57H,1,5-15,18,25-28,32-33H2,2-3H3. The average Bonchev–Trinajstić information content (AvgIpc) is 3.84. The number of hydrogen-bond acceptors (Lipinski definition) is 10. The first-order valence-corrected chi connectivity index (χ1v) is 23.3. The fraction of sp³-hybridized carbons (Fsp3) is 0.519. The summed E-state index contributed by atoms with van der Waals surface area (Å²) in [5, 5.41) is 24.8. The van der Waals surface area contributed by atoms with Gasteiger partial charge >= 0.3 is 0 Å². The van der Waals surface area contributed by atoms with Gasteiger partial charge in [-0.25, -0.2) is 4.39 Å². The molecule has 6 unspecified atom stereocenters. The van der Waals surface area contributed by atoms with E-state index in [1.54, 1.807) is 36.4 Å². The predicted molar refractivity (Wildman–Crippen MR) is 243 cm³/mol. The molecule has 64 heavy (non-hydrogen) atoms. The highest BCUT2D eigenvalue weighted by molar-refractivity contribution is 6.03. The van der Waals surface area contributed by atoms with Crippen molar-refractivity contribution >= 4 is 17.9 Å². The maximum absolute atomic E-state index is 15.1. The van der Waals surface area contributed by atoms with E-state index in [0.717, 1.165) is 67.9 Å². The van der Waals surface area contributed by atoms with Crippen LogP contribution < -0.4 is 14.2 Å². The lowest BCUT2D eigenvalue weighted by atomic mass is 9.55. The molecule has 0 bridgehead atoms. The minimum Gasteiger partial charge on any atom is -0.496 e. The molecule has 0 aromatic heterocycles. The number of halogens is 1. The number of carbonyl (C=O) groups is 2. The van der Waals surface area contributed by atoms with Crippen molar-refractivity contribution < 1.29 is 48.0 Å². The Morgan fingerprint density at radius 3 is 2.42 bits per heavy atom. The molecule has 2 N–H and O–H groups in total. The van der Waals surface area contributed by atoms with E-state index in [1.807, 2.05) is 30.0 Å². The Morgan fingerprint density at radius 2 is 1.72 bits per heavy atom. The minimum absolute atomic E-state index is 0.0157. The van der Waals surface area contributed by atoms with Gasteiger partial charge in [-0.2, -0.15) is 0 Å². The van der Waals surface area contributed by atoms with Gasteiger partial charge in [-0.1, -0.05) is 68.0 Å². The van der Waals surface area contributed by atoms with E-state index in [2.05, 4.69) is 12.7 Å². The summed E-state index contributed by atoms with van der Waals surface area (Å²) in [5.74, 6) is 0.0185. The predicted octanol–water partition coefficient (Wildman–Crippen LogP) is 10.1. The van der Waals surface area contributed by atoms with Gasteiger partial charge in [-0.05, 0) is 116 Å². The van der Waals surface area contributed by atoms with Crippen LogP contribution in [0, 0.1) is 29.5 Å². The number of aliphatic hydroxyl groups is 2. The summed E-state index contributed by atoms with van der Waals surface area (Å²) in [4.78, 5) is 34.8. The lowest BCUT2D eigenvalue weighted by molar-refractivity contribution is -0.258. The molecular weight excluding hydrogens is 816 g/mol. The molecule has 2 fully saturated rings. The number of benzene rings is 3. The van der Waals surface area contributed by atoms with E-state index in [9.17, 15) is 19.4 Å². The second-order valence-electron chi connectivity index (χ2n) is 17.7. The number of aldehydes is 1. The molecule has 0 saturated heterocycles. The number of methoxy groups -OCH3 is 1. The first-order chi connectivity index (χ1) is 31.3. The number of oxime groups is 1. The molecule has 0 spiro atoms. The zero-order chi connectivity index (χ0) is 45.1. The van der Waals surface area contributed by atoms with Crippen LogP contribution in [0.3, 0.4) is 0 Å². The van der Waals surface area contributed by atoms with E-state index in [-0.39, 0.29) is 62.3 Å². The first kappa shape index (κ1) is 46.9.